The minimum absolute atomic E-state index is 0.000355. The van der Waals surface area contributed by atoms with Gasteiger partial charge in [0.25, 0.3) is 0 Å². The first-order chi connectivity index (χ1) is 11.3. The van der Waals surface area contributed by atoms with Crippen molar-refractivity contribution in [1.29, 1.82) is 0 Å². The molecule has 3 aromatic heterocycles. The van der Waals surface area contributed by atoms with E-state index in [1.807, 2.05) is 0 Å². The number of nitrogens with zero attached hydrogens (tertiary/aromatic N) is 5. The van der Waals surface area contributed by atoms with Crippen LogP contribution in [-0.4, -0.2) is 24.7 Å². The van der Waals surface area contributed by atoms with Gasteiger partial charge in [0, 0.05) is 18.6 Å². The van der Waals surface area contributed by atoms with Crippen molar-refractivity contribution in [3.05, 3.63) is 46.6 Å². The summed E-state index contributed by atoms with van der Waals surface area (Å²) in [5.41, 5.74) is -0.143. The van der Waals surface area contributed by atoms with Gasteiger partial charge in [-0.15, -0.1) is 0 Å². The van der Waals surface area contributed by atoms with Gasteiger partial charge in [-0.2, -0.15) is 13.2 Å². The number of alkyl halides is 3. The van der Waals surface area contributed by atoms with Crippen molar-refractivity contribution in [3.8, 4) is 11.4 Å². The summed E-state index contributed by atoms with van der Waals surface area (Å²) in [5.74, 6) is 0.778. The number of hydrogen-bond acceptors (Lipinski definition) is 5. The molecule has 0 atom stereocenters. The summed E-state index contributed by atoms with van der Waals surface area (Å²) in [6, 6.07) is 0. The number of imidazole rings is 1. The molecule has 0 N–H and O–H groups in total. The molecular formula is C14H11ClF3N5O. The van der Waals surface area contributed by atoms with Crippen molar-refractivity contribution < 1.29 is 17.7 Å². The lowest BCUT2D eigenvalue weighted by atomic mass is 10.2. The number of aromatic nitrogens is 5. The Labute approximate surface area is 139 Å². The molecular weight excluding hydrogens is 347 g/mol. The smallest absolute Gasteiger partial charge is 0.361 e. The molecule has 0 aliphatic carbocycles. The molecule has 24 heavy (non-hydrogen) atoms. The van der Waals surface area contributed by atoms with E-state index in [0.717, 1.165) is 6.20 Å². The third-order valence-electron chi connectivity index (χ3n) is 3.31. The number of hydrogen-bond donors (Lipinski definition) is 0. The van der Waals surface area contributed by atoms with Crippen molar-refractivity contribution in [1.82, 2.24) is 24.7 Å². The molecule has 0 saturated heterocycles. The highest BCUT2D eigenvalue weighted by Crippen LogP contribution is 2.33. The zero-order valence-electron chi connectivity index (χ0n) is 12.6. The van der Waals surface area contributed by atoms with Gasteiger partial charge in [-0.25, -0.2) is 15.0 Å². The SMILES string of the molecule is Cc1noc(C)c1-c1nc(C(F)(F)F)cn1Cc1ncc(Cl)cn1. The zero-order chi connectivity index (χ0) is 17.5. The van der Waals surface area contributed by atoms with E-state index in [2.05, 4.69) is 20.1 Å². The molecule has 0 saturated carbocycles. The van der Waals surface area contributed by atoms with Crippen molar-refractivity contribution in [2.75, 3.05) is 0 Å². The van der Waals surface area contributed by atoms with Gasteiger partial charge in [0.2, 0.25) is 0 Å². The highest BCUT2D eigenvalue weighted by Gasteiger charge is 2.35. The maximum atomic E-state index is 13.1. The Morgan fingerprint density at radius 3 is 2.42 bits per heavy atom. The van der Waals surface area contributed by atoms with Gasteiger partial charge in [0.15, 0.2) is 5.69 Å². The first-order valence-corrected chi connectivity index (χ1v) is 7.17. The zero-order valence-corrected chi connectivity index (χ0v) is 13.4. The molecule has 3 rings (SSSR count). The summed E-state index contributed by atoms with van der Waals surface area (Å²) < 4.78 is 45.5. The Morgan fingerprint density at radius 1 is 1.21 bits per heavy atom. The predicted molar refractivity (Wildman–Crippen MR) is 78.3 cm³/mol. The predicted octanol–water partition coefficient (Wildman–Crippen LogP) is 3.67. The topological polar surface area (TPSA) is 69.6 Å². The lowest BCUT2D eigenvalue weighted by Crippen LogP contribution is -2.06. The molecule has 0 unspecified atom stereocenters. The van der Waals surface area contributed by atoms with Crippen molar-refractivity contribution in [3.63, 3.8) is 0 Å². The standard InChI is InChI=1S/C14H11ClF3N5O/c1-7-12(8(2)24-22-7)13-21-10(14(16,17)18)5-23(13)6-11-19-3-9(15)4-20-11/h3-5H,6H2,1-2H3. The molecule has 6 nitrogen and oxygen atoms in total. The molecule has 0 amide bonds. The van der Waals surface area contributed by atoms with Crippen molar-refractivity contribution in [2.45, 2.75) is 26.6 Å². The minimum atomic E-state index is -4.57. The molecule has 126 valence electrons. The Balaban J connectivity index is 2.10. The highest BCUT2D eigenvalue weighted by atomic mass is 35.5. The van der Waals surface area contributed by atoms with Gasteiger partial charge in [-0.3, -0.25) is 0 Å². The molecule has 0 aliphatic heterocycles. The number of aryl methyl sites for hydroxylation is 2. The fourth-order valence-corrected chi connectivity index (χ4v) is 2.35. The Morgan fingerprint density at radius 2 is 1.88 bits per heavy atom. The summed E-state index contributed by atoms with van der Waals surface area (Å²) in [5, 5.41) is 4.10. The van der Waals surface area contributed by atoms with E-state index in [1.165, 1.54) is 17.0 Å². The van der Waals surface area contributed by atoms with Crippen LogP contribution in [0.2, 0.25) is 5.02 Å². The summed E-state index contributed by atoms with van der Waals surface area (Å²) in [7, 11) is 0. The molecule has 0 fully saturated rings. The van der Waals surface area contributed by atoms with E-state index in [4.69, 9.17) is 16.1 Å². The quantitative estimate of drug-likeness (QED) is 0.715. The lowest BCUT2D eigenvalue weighted by molar-refractivity contribution is -0.140. The second kappa shape index (κ2) is 5.90. The third-order valence-corrected chi connectivity index (χ3v) is 3.50. The summed E-state index contributed by atoms with van der Waals surface area (Å²) in [6.45, 7) is 3.25. The Hall–Kier alpha value is -2.42. The largest absolute Gasteiger partial charge is 0.434 e. The molecule has 10 heteroatoms. The van der Waals surface area contributed by atoms with Crippen LogP contribution in [0.15, 0.2) is 23.1 Å². The Kier molecular flexibility index (Phi) is 4.04. The fourth-order valence-electron chi connectivity index (χ4n) is 2.25. The average molecular weight is 358 g/mol. The first kappa shape index (κ1) is 16.4. The van der Waals surface area contributed by atoms with E-state index in [0.29, 0.717) is 27.9 Å². The van der Waals surface area contributed by atoms with Crippen LogP contribution in [0.25, 0.3) is 11.4 Å². The van der Waals surface area contributed by atoms with Gasteiger partial charge in [0.05, 0.1) is 22.8 Å². The van der Waals surface area contributed by atoms with Crippen LogP contribution in [0.5, 0.6) is 0 Å². The Bertz CT molecular complexity index is 850. The maximum absolute atomic E-state index is 13.1. The normalized spacial score (nSPS) is 11.9. The van der Waals surface area contributed by atoms with Gasteiger partial charge in [-0.05, 0) is 13.8 Å². The van der Waals surface area contributed by atoms with E-state index < -0.39 is 11.9 Å². The van der Waals surface area contributed by atoms with Gasteiger partial charge in [-0.1, -0.05) is 16.8 Å². The van der Waals surface area contributed by atoms with Gasteiger partial charge in [0.1, 0.15) is 17.4 Å². The third kappa shape index (κ3) is 3.12. The van der Waals surface area contributed by atoms with Crippen molar-refractivity contribution in [2.24, 2.45) is 0 Å². The minimum Gasteiger partial charge on any atom is -0.361 e. The van der Waals surface area contributed by atoms with E-state index in [-0.39, 0.29) is 12.4 Å². The summed E-state index contributed by atoms with van der Waals surface area (Å²) >= 11 is 5.72. The average Bonchev–Trinajstić information content (AvgIpc) is 3.05. The maximum Gasteiger partial charge on any atom is 0.434 e. The molecule has 0 aromatic carbocycles. The van der Waals surface area contributed by atoms with E-state index in [9.17, 15) is 13.2 Å². The van der Waals surface area contributed by atoms with E-state index >= 15 is 0 Å². The summed E-state index contributed by atoms with van der Waals surface area (Å²) in [4.78, 5) is 11.7. The van der Waals surface area contributed by atoms with Gasteiger partial charge >= 0.3 is 6.18 Å². The van der Waals surface area contributed by atoms with E-state index in [1.54, 1.807) is 13.8 Å². The van der Waals surface area contributed by atoms with Gasteiger partial charge < -0.3 is 9.09 Å². The number of halogens is 4. The van der Waals surface area contributed by atoms with Crippen LogP contribution in [0.1, 0.15) is 23.0 Å². The second-order valence-corrected chi connectivity index (χ2v) is 5.53. The highest BCUT2D eigenvalue weighted by molar-refractivity contribution is 6.30. The second-order valence-electron chi connectivity index (χ2n) is 5.09. The van der Waals surface area contributed by atoms with Crippen LogP contribution in [0, 0.1) is 13.8 Å². The monoisotopic (exact) mass is 357 g/mol. The molecule has 0 bridgehead atoms. The van der Waals surface area contributed by atoms with Crippen LogP contribution in [0.4, 0.5) is 13.2 Å². The first-order valence-electron chi connectivity index (χ1n) is 6.79. The molecule has 3 aromatic rings. The number of rotatable bonds is 3. The molecule has 0 spiro atoms. The van der Waals surface area contributed by atoms with Crippen molar-refractivity contribution >= 4 is 11.6 Å². The van der Waals surface area contributed by atoms with Crippen LogP contribution in [-0.2, 0) is 12.7 Å². The van der Waals surface area contributed by atoms with Crippen LogP contribution >= 0.6 is 11.6 Å². The lowest BCUT2D eigenvalue weighted by Gasteiger charge is -2.06. The van der Waals surface area contributed by atoms with Crippen LogP contribution in [0.3, 0.4) is 0 Å². The molecule has 0 aliphatic rings. The molecule has 0 radical (unpaired) electrons. The van der Waals surface area contributed by atoms with Crippen LogP contribution < -0.4 is 0 Å². The molecule has 3 heterocycles. The summed E-state index contributed by atoms with van der Waals surface area (Å²) in [6.07, 6.45) is -0.902. The fraction of sp³-hybridized carbons (Fsp3) is 0.286.